The molecule has 1 saturated heterocycles. The quantitative estimate of drug-likeness (QED) is 0.787. The second-order valence-electron chi connectivity index (χ2n) is 6.23. The van der Waals surface area contributed by atoms with E-state index in [4.69, 9.17) is 0 Å². The Labute approximate surface area is 121 Å². The van der Waals surface area contributed by atoms with Crippen LogP contribution in [0.1, 0.15) is 35.2 Å². The average Bonchev–Trinajstić information content (AvgIpc) is 2.40. The van der Waals surface area contributed by atoms with Crippen molar-refractivity contribution in [1.29, 1.82) is 0 Å². The second-order valence-corrected chi connectivity index (χ2v) is 6.23. The number of benzene rings is 1. The lowest BCUT2D eigenvalue weighted by Crippen LogP contribution is -2.44. The molecule has 2 aliphatic rings. The van der Waals surface area contributed by atoms with E-state index in [1.54, 1.807) is 0 Å². The number of hydrogen-bond donors (Lipinski definition) is 0. The molecule has 0 atom stereocenters. The smallest absolute Gasteiger partial charge is 0.166 e. The van der Waals surface area contributed by atoms with E-state index in [2.05, 4.69) is 29.0 Å². The zero-order valence-corrected chi connectivity index (χ0v) is 12.3. The lowest BCUT2D eigenvalue weighted by atomic mass is 9.79. The summed E-state index contributed by atoms with van der Waals surface area (Å²) in [4.78, 5) is 17.3. The zero-order chi connectivity index (χ0) is 13.9. The molecule has 108 valence electrons. The molecule has 3 heteroatoms. The van der Waals surface area contributed by atoms with E-state index in [0.29, 0.717) is 11.7 Å². The molecule has 0 bridgehead atoms. The minimum Gasteiger partial charge on any atom is -0.304 e. The molecule has 0 aromatic heterocycles. The first kappa shape index (κ1) is 13.8. The number of piperazine rings is 1. The van der Waals surface area contributed by atoms with Crippen LogP contribution in [0.3, 0.4) is 0 Å². The Bertz CT molecular complexity index is 474. The van der Waals surface area contributed by atoms with Crippen molar-refractivity contribution in [2.24, 2.45) is 5.92 Å². The molecule has 1 aliphatic heterocycles. The van der Waals surface area contributed by atoms with Crippen LogP contribution < -0.4 is 0 Å². The summed E-state index contributed by atoms with van der Waals surface area (Å²) in [5.41, 5.74) is 2.19. The highest BCUT2D eigenvalue weighted by Gasteiger charge is 2.28. The van der Waals surface area contributed by atoms with Crippen LogP contribution >= 0.6 is 0 Å². The fourth-order valence-corrected chi connectivity index (χ4v) is 3.04. The predicted molar refractivity (Wildman–Crippen MR) is 80.9 cm³/mol. The van der Waals surface area contributed by atoms with Crippen LogP contribution in [-0.4, -0.2) is 48.8 Å². The van der Waals surface area contributed by atoms with Crippen LogP contribution in [-0.2, 0) is 6.54 Å². The molecule has 2 fully saturated rings. The predicted octanol–water partition coefficient (Wildman–Crippen LogP) is 2.42. The molecule has 0 N–H and O–H groups in total. The van der Waals surface area contributed by atoms with Crippen LogP contribution in [0, 0.1) is 5.92 Å². The summed E-state index contributed by atoms with van der Waals surface area (Å²) in [5, 5.41) is 0. The van der Waals surface area contributed by atoms with Crippen LogP contribution in [0.4, 0.5) is 0 Å². The van der Waals surface area contributed by atoms with Gasteiger partial charge in [-0.1, -0.05) is 30.7 Å². The third-order valence-corrected chi connectivity index (χ3v) is 4.75. The molecular weight excluding hydrogens is 248 g/mol. The Hall–Kier alpha value is -1.19. The van der Waals surface area contributed by atoms with Gasteiger partial charge in [-0.2, -0.15) is 0 Å². The molecule has 0 amide bonds. The fraction of sp³-hybridized carbons (Fsp3) is 0.588. The van der Waals surface area contributed by atoms with E-state index < -0.39 is 0 Å². The van der Waals surface area contributed by atoms with E-state index in [-0.39, 0.29) is 0 Å². The monoisotopic (exact) mass is 272 g/mol. The minimum absolute atomic E-state index is 0.295. The number of Topliss-reactive ketones (excluding diaryl/α,β-unsaturated/α-hetero) is 1. The first-order valence-corrected chi connectivity index (χ1v) is 7.77. The molecule has 0 radical (unpaired) electrons. The van der Waals surface area contributed by atoms with Crippen molar-refractivity contribution in [1.82, 2.24) is 9.80 Å². The Morgan fingerprint density at radius 2 is 1.85 bits per heavy atom. The third-order valence-electron chi connectivity index (χ3n) is 4.75. The summed E-state index contributed by atoms with van der Waals surface area (Å²) in [6.07, 6.45) is 3.39. The second kappa shape index (κ2) is 6.06. The molecule has 0 unspecified atom stereocenters. The Kier molecular flexibility index (Phi) is 4.18. The van der Waals surface area contributed by atoms with E-state index in [9.17, 15) is 4.79 Å². The van der Waals surface area contributed by atoms with Gasteiger partial charge >= 0.3 is 0 Å². The van der Waals surface area contributed by atoms with Crippen molar-refractivity contribution in [2.45, 2.75) is 25.8 Å². The van der Waals surface area contributed by atoms with Crippen molar-refractivity contribution in [3.8, 4) is 0 Å². The largest absolute Gasteiger partial charge is 0.304 e. The highest BCUT2D eigenvalue weighted by atomic mass is 16.1. The molecule has 0 spiro atoms. The topological polar surface area (TPSA) is 23.6 Å². The fourth-order valence-electron chi connectivity index (χ4n) is 3.04. The Morgan fingerprint density at radius 1 is 1.15 bits per heavy atom. The third kappa shape index (κ3) is 2.94. The van der Waals surface area contributed by atoms with Crippen molar-refractivity contribution in [3.05, 3.63) is 35.4 Å². The summed E-state index contributed by atoms with van der Waals surface area (Å²) < 4.78 is 0. The molecule has 1 aliphatic carbocycles. The van der Waals surface area contributed by atoms with Crippen molar-refractivity contribution in [3.63, 3.8) is 0 Å². The summed E-state index contributed by atoms with van der Waals surface area (Å²) in [7, 11) is 2.17. The maximum atomic E-state index is 12.5. The molecular formula is C17H24N2O. The molecule has 3 rings (SSSR count). The highest BCUT2D eigenvalue weighted by Crippen LogP contribution is 2.31. The van der Waals surface area contributed by atoms with Gasteiger partial charge in [0.2, 0.25) is 0 Å². The van der Waals surface area contributed by atoms with Gasteiger partial charge in [0.25, 0.3) is 0 Å². The summed E-state index contributed by atoms with van der Waals surface area (Å²) in [6, 6.07) is 8.21. The van der Waals surface area contributed by atoms with Gasteiger partial charge in [0.15, 0.2) is 5.78 Å². The summed E-state index contributed by atoms with van der Waals surface area (Å²) in [5.74, 6) is 0.671. The SMILES string of the molecule is CN1CCN(Cc2ccccc2C(=O)C2CCC2)CC1. The van der Waals surface area contributed by atoms with Gasteiger partial charge in [-0.15, -0.1) is 0 Å². The molecule has 1 aromatic carbocycles. The first-order valence-electron chi connectivity index (χ1n) is 7.77. The van der Waals surface area contributed by atoms with Crippen molar-refractivity contribution < 1.29 is 4.79 Å². The van der Waals surface area contributed by atoms with Gasteiger partial charge in [0.1, 0.15) is 0 Å². The van der Waals surface area contributed by atoms with Crippen molar-refractivity contribution in [2.75, 3.05) is 33.2 Å². The van der Waals surface area contributed by atoms with Gasteiger partial charge < -0.3 is 4.90 Å². The molecule has 1 heterocycles. The number of ketones is 1. The van der Waals surface area contributed by atoms with Crippen LogP contribution in [0.2, 0.25) is 0 Å². The first-order chi connectivity index (χ1) is 9.74. The maximum Gasteiger partial charge on any atom is 0.166 e. The van der Waals surface area contributed by atoms with Gasteiger partial charge in [-0.3, -0.25) is 9.69 Å². The lowest BCUT2D eigenvalue weighted by molar-refractivity contribution is 0.0851. The molecule has 1 aromatic rings. The van der Waals surface area contributed by atoms with Crippen molar-refractivity contribution >= 4 is 5.78 Å². The number of rotatable bonds is 4. The Morgan fingerprint density at radius 3 is 2.50 bits per heavy atom. The number of carbonyl (C=O) groups excluding carboxylic acids is 1. The van der Waals surface area contributed by atoms with Crippen LogP contribution in [0.25, 0.3) is 0 Å². The highest BCUT2D eigenvalue weighted by molar-refractivity contribution is 5.99. The van der Waals surface area contributed by atoms with Gasteiger partial charge in [-0.05, 0) is 25.5 Å². The van der Waals surface area contributed by atoms with Crippen LogP contribution in [0.5, 0.6) is 0 Å². The van der Waals surface area contributed by atoms with Gasteiger partial charge in [0, 0.05) is 44.2 Å². The van der Waals surface area contributed by atoms with Gasteiger partial charge in [0.05, 0.1) is 0 Å². The number of hydrogen-bond acceptors (Lipinski definition) is 3. The minimum atomic E-state index is 0.295. The average molecular weight is 272 g/mol. The lowest BCUT2D eigenvalue weighted by Gasteiger charge is -2.33. The van der Waals surface area contributed by atoms with E-state index in [1.807, 2.05) is 12.1 Å². The zero-order valence-electron chi connectivity index (χ0n) is 12.3. The van der Waals surface area contributed by atoms with E-state index in [1.165, 1.54) is 12.0 Å². The maximum absolute atomic E-state index is 12.5. The van der Waals surface area contributed by atoms with E-state index >= 15 is 0 Å². The van der Waals surface area contributed by atoms with E-state index in [0.717, 1.165) is 51.1 Å². The van der Waals surface area contributed by atoms with Gasteiger partial charge in [-0.25, -0.2) is 0 Å². The molecule has 20 heavy (non-hydrogen) atoms. The number of nitrogens with zero attached hydrogens (tertiary/aromatic N) is 2. The molecule has 1 saturated carbocycles. The normalized spacial score (nSPS) is 21.6. The number of carbonyl (C=O) groups is 1. The Balaban J connectivity index is 1.71. The molecule has 3 nitrogen and oxygen atoms in total. The summed E-state index contributed by atoms with van der Waals surface area (Å²) in [6.45, 7) is 5.37. The standard InChI is InChI=1S/C17H24N2O/c1-18-9-11-19(12-10-18)13-15-5-2-3-8-16(15)17(20)14-6-4-7-14/h2-3,5,8,14H,4,6-7,9-13H2,1H3. The number of likely N-dealkylation sites (N-methyl/N-ethyl adjacent to an activating group) is 1. The summed E-state index contributed by atoms with van der Waals surface area (Å²) >= 11 is 0. The van der Waals surface area contributed by atoms with Crippen LogP contribution in [0.15, 0.2) is 24.3 Å².